The fourth-order valence-corrected chi connectivity index (χ4v) is 3.48. The maximum atomic E-state index is 12.5. The zero-order valence-electron chi connectivity index (χ0n) is 14.9. The highest BCUT2D eigenvalue weighted by Gasteiger charge is 2.19. The maximum Gasteiger partial charge on any atom is 0.242 e. The number of aryl methyl sites for hydroxylation is 1. The lowest BCUT2D eigenvalue weighted by atomic mass is 10.1. The fraction of sp³-hybridized carbons (Fsp3) is 0.333. The van der Waals surface area contributed by atoms with Crippen molar-refractivity contribution in [3.8, 4) is 0 Å². The summed E-state index contributed by atoms with van der Waals surface area (Å²) in [5.74, 6) is 1.35. The minimum absolute atomic E-state index is 0.00856. The summed E-state index contributed by atoms with van der Waals surface area (Å²) < 4.78 is 1.85. The van der Waals surface area contributed by atoms with Crippen LogP contribution in [0.3, 0.4) is 0 Å². The van der Waals surface area contributed by atoms with Gasteiger partial charge in [-0.25, -0.2) is 4.98 Å². The van der Waals surface area contributed by atoms with Crippen molar-refractivity contribution in [2.75, 3.05) is 12.3 Å². The zero-order valence-corrected chi connectivity index (χ0v) is 15.8. The van der Waals surface area contributed by atoms with Crippen LogP contribution in [0.15, 0.2) is 35.6 Å². The Morgan fingerprint density at radius 1 is 1.35 bits per heavy atom. The van der Waals surface area contributed by atoms with Gasteiger partial charge in [0.05, 0.1) is 0 Å². The molecule has 0 aliphatic heterocycles. The molecule has 0 fully saturated rings. The normalized spacial score (nSPS) is 12.3. The Morgan fingerprint density at radius 3 is 2.81 bits per heavy atom. The van der Waals surface area contributed by atoms with E-state index in [4.69, 9.17) is 0 Å². The van der Waals surface area contributed by atoms with Crippen molar-refractivity contribution < 1.29 is 9.59 Å². The molecule has 3 rings (SSSR count). The van der Waals surface area contributed by atoms with Crippen LogP contribution < -0.4 is 5.32 Å². The van der Waals surface area contributed by atoms with E-state index in [2.05, 4.69) is 20.5 Å². The summed E-state index contributed by atoms with van der Waals surface area (Å²) in [4.78, 5) is 28.6. The summed E-state index contributed by atoms with van der Waals surface area (Å²) in [6.07, 6.45) is 1.77. The summed E-state index contributed by atoms with van der Waals surface area (Å²) in [5.41, 5.74) is 1.52. The van der Waals surface area contributed by atoms with E-state index in [-0.39, 0.29) is 11.7 Å². The number of H-pyrrole nitrogens is 1. The lowest BCUT2D eigenvalue weighted by Crippen LogP contribution is -2.32. The van der Waals surface area contributed by atoms with Gasteiger partial charge in [0.2, 0.25) is 11.1 Å². The molecule has 0 bridgehead atoms. The van der Waals surface area contributed by atoms with E-state index >= 15 is 0 Å². The lowest BCUT2D eigenvalue weighted by molar-refractivity contribution is -0.123. The molecule has 1 atom stereocenters. The first-order valence-electron chi connectivity index (χ1n) is 8.37. The van der Waals surface area contributed by atoms with Gasteiger partial charge in [-0.15, -0.1) is 5.10 Å². The van der Waals surface area contributed by atoms with Crippen molar-refractivity contribution in [3.63, 3.8) is 0 Å². The Balaban J connectivity index is 1.65. The number of nitrogens with zero attached hydrogens (tertiary/aromatic N) is 3. The molecule has 0 aliphatic carbocycles. The van der Waals surface area contributed by atoms with Crippen LogP contribution in [0.2, 0.25) is 0 Å². The quantitative estimate of drug-likeness (QED) is 0.378. The molecule has 136 valence electrons. The number of amides is 1. The van der Waals surface area contributed by atoms with Crippen LogP contribution in [0.1, 0.15) is 36.1 Å². The van der Waals surface area contributed by atoms with E-state index < -0.39 is 6.04 Å². The number of ketones is 1. The molecule has 0 saturated carbocycles. The number of hydrogen-bond acceptors (Lipinski definition) is 5. The number of Topliss-reactive ketones (excluding diaryl/α,β-unsaturated/α-hetero) is 1. The third-order valence-corrected chi connectivity index (χ3v) is 4.97. The van der Waals surface area contributed by atoms with E-state index in [1.54, 1.807) is 13.1 Å². The summed E-state index contributed by atoms with van der Waals surface area (Å²) >= 11 is 1.48. The number of para-hydroxylation sites is 1. The predicted molar refractivity (Wildman–Crippen MR) is 102 cm³/mol. The van der Waals surface area contributed by atoms with Crippen LogP contribution in [-0.4, -0.2) is 43.7 Å². The van der Waals surface area contributed by atoms with Crippen LogP contribution in [0.25, 0.3) is 10.9 Å². The van der Waals surface area contributed by atoms with Gasteiger partial charge in [-0.2, -0.15) is 0 Å². The molecule has 7 nitrogen and oxygen atoms in total. The van der Waals surface area contributed by atoms with Crippen LogP contribution in [-0.2, 0) is 4.79 Å². The molecule has 2 heterocycles. The van der Waals surface area contributed by atoms with E-state index in [1.807, 2.05) is 42.7 Å². The molecule has 0 radical (unpaired) electrons. The molecule has 8 heteroatoms. The van der Waals surface area contributed by atoms with Crippen LogP contribution in [0.5, 0.6) is 0 Å². The van der Waals surface area contributed by atoms with Crippen molar-refractivity contribution in [2.45, 2.75) is 32.0 Å². The number of aromatic amines is 1. The van der Waals surface area contributed by atoms with Crippen LogP contribution in [0, 0.1) is 6.92 Å². The Hall–Kier alpha value is -2.61. The molecule has 2 aromatic heterocycles. The zero-order chi connectivity index (χ0) is 18.7. The summed E-state index contributed by atoms with van der Waals surface area (Å²) in [6, 6.07) is 7.22. The molecule has 1 unspecified atom stereocenters. The second-order valence-electron chi connectivity index (χ2n) is 6.04. The Morgan fingerprint density at radius 2 is 2.12 bits per heavy atom. The number of thioether (sulfide) groups is 1. The molecule has 0 saturated heterocycles. The van der Waals surface area contributed by atoms with E-state index in [0.717, 1.165) is 16.7 Å². The van der Waals surface area contributed by atoms with Crippen LogP contribution in [0.4, 0.5) is 0 Å². The number of fused-ring (bicyclic) bond motifs is 1. The van der Waals surface area contributed by atoms with Crippen molar-refractivity contribution in [1.29, 1.82) is 0 Å². The van der Waals surface area contributed by atoms with E-state index in [0.29, 0.717) is 23.0 Å². The first kappa shape index (κ1) is 18.2. The van der Waals surface area contributed by atoms with Crippen molar-refractivity contribution in [1.82, 2.24) is 25.1 Å². The average Bonchev–Trinajstić information content (AvgIpc) is 3.21. The first-order valence-corrected chi connectivity index (χ1v) is 9.36. The van der Waals surface area contributed by atoms with Crippen molar-refractivity contribution in [2.24, 2.45) is 0 Å². The maximum absolute atomic E-state index is 12.5. The number of nitrogens with one attached hydrogen (secondary N) is 2. The molecular weight excluding hydrogens is 350 g/mol. The van der Waals surface area contributed by atoms with Gasteiger partial charge in [0.25, 0.3) is 0 Å². The number of rotatable bonds is 7. The van der Waals surface area contributed by atoms with Crippen molar-refractivity contribution >= 4 is 34.4 Å². The second kappa shape index (κ2) is 7.74. The number of hydrogen-bond donors (Lipinski definition) is 2. The van der Waals surface area contributed by atoms with Crippen molar-refractivity contribution in [3.05, 3.63) is 41.9 Å². The van der Waals surface area contributed by atoms with Gasteiger partial charge in [0.15, 0.2) is 5.78 Å². The molecule has 1 amide bonds. The van der Waals surface area contributed by atoms with Gasteiger partial charge in [-0.3, -0.25) is 14.7 Å². The summed E-state index contributed by atoms with van der Waals surface area (Å²) in [5, 5.41) is 11.3. The molecule has 0 aliphatic rings. The number of carbonyl (C=O) groups is 2. The van der Waals surface area contributed by atoms with Gasteiger partial charge >= 0.3 is 0 Å². The number of aromatic nitrogens is 4. The molecule has 2 N–H and O–H groups in total. The fourth-order valence-electron chi connectivity index (χ4n) is 2.78. The van der Waals surface area contributed by atoms with Gasteiger partial charge in [0, 0.05) is 35.0 Å². The van der Waals surface area contributed by atoms with Gasteiger partial charge in [-0.05, 0) is 26.8 Å². The number of benzene rings is 1. The third kappa shape index (κ3) is 3.80. The van der Waals surface area contributed by atoms with E-state index in [1.165, 1.54) is 11.8 Å². The smallest absolute Gasteiger partial charge is 0.242 e. The lowest BCUT2D eigenvalue weighted by Gasteiger charge is -2.15. The Kier molecular flexibility index (Phi) is 5.41. The molecule has 1 aromatic carbocycles. The highest BCUT2D eigenvalue weighted by atomic mass is 32.2. The first-order chi connectivity index (χ1) is 12.5. The summed E-state index contributed by atoms with van der Waals surface area (Å²) in [7, 11) is 0. The highest BCUT2D eigenvalue weighted by molar-refractivity contribution is 7.99. The number of carbonyl (C=O) groups excluding carboxylic acids is 2. The molecule has 0 spiro atoms. The second-order valence-corrected chi connectivity index (χ2v) is 7.10. The third-order valence-electron chi connectivity index (χ3n) is 4.13. The SMILES string of the molecule is CC(=O)c1cn(C(C)C(=O)NCCSc2n[nH]c(C)n2)c2ccccc12. The Labute approximate surface area is 155 Å². The minimum atomic E-state index is -0.413. The minimum Gasteiger partial charge on any atom is -0.353 e. The predicted octanol–water partition coefficient (Wildman–Crippen LogP) is 2.74. The topological polar surface area (TPSA) is 92.7 Å². The van der Waals surface area contributed by atoms with Gasteiger partial charge in [0.1, 0.15) is 11.9 Å². The summed E-state index contributed by atoms with van der Waals surface area (Å²) in [6.45, 7) is 5.73. The van der Waals surface area contributed by atoms with E-state index in [9.17, 15) is 9.59 Å². The van der Waals surface area contributed by atoms with Gasteiger partial charge in [-0.1, -0.05) is 30.0 Å². The van der Waals surface area contributed by atoms with Crippen LogP contribution >= 0.6 is 11.8 Å². The standard InChI is InChI=1S/C18H21N5O2S/c1-11(17(25)19-8-9-26-18-20-13(3)21-22-18)23-10-15(12(2)24)14-6-4-5-7-16(14)23/h4-7,10-11H,8-9H2,1-3H3,(H,19,25)(H,20,21,22). The van der Waals surface area contributed by atoms with Gasteiger partial charge < -0.3 is 9.88 Å². The molecular formula is C18H21N5O2S. The Bertz CT molecular complexity index is 946. The monoisotopic (exact) mass is 371 g/mol. The molecule has 26 heavy (non-hydrogen) atoms. The largest absolute Gasteiger partial charge is 0.353 e. The molecule has 3 aromatic rings. The highest BCUT2D eigenvalue weighted by Crippen LogP contribution is 2.25. The average molecular weight is 371 g/mol.